The van der Waals surface area contributed by atoms with Gasteiger partial charge in [-0.1, -0.05) is 24.3 Å². The first-order valence-electron chi connectivity index (χ1n) is 6.50. The van der Waals surface area contributed by atoms with Gasteiger partial charge in [0, 0.05) is 24.2 Å². The highest BCUT2D eigenvalue weighted by atomic mass is 15.2. The van der Waals surface area contributed by atoms with E-state index in [1.54, 1.807) is 6.20 Å². The average molecular weight is 249 g/mol. The van der Waals surface area contributed by atoms with Gasteiger partial charge in [-0.25, -0.2) is 0 Å². The van der Waals surface area contributed by atoms with Gasteiger partial charge in [0.05, 0.1) is 16.8 Å². The Morgan fingerprint density at radius 2 is 2.21 bits per heavy atom. The maximum absolute atomic E-state index is 9.35. The summed E-state index contributed by atoms with van der Waals surface area (Å²) >= 11 is 0. The van der Waals surface area contributed by atoms with Crippen molar-refractivity contribution in [1.29, 1.82) is 5.26 Å². The Balaban J connectivity index is 2.23. The number of benzene rings is 1. The molecule has 0 saturated heterocycles. The molecule has 1 saturated carbocycles. The zero-order valence-electron chi connectivity index (χ0n) is 10.7. The van der Waals surface area contributed by atoms with Gasteiger partial charge < -0.3 is 4.90 Å². The highest BCUT2D eigenvalue weighted by molar-refractivity contribution is 5.94. The van der Waals surface area contributed by atoms with Gasteiger partial charge in [0.15, 0.2) is 0 Å². The fourth-order valence-corrected chi connectivity index (χ4v) is 2.47. The Morgan fingerprint density at radius 3 is 2.89 bits per heavy atom. The molecule has 2 aromatic rings. The van der Waals surface area contributed by atoms with Gasteiger partial charge in [0.25, 0.3) is 0 Å². The van der Waals surface area contributed by atoms with Gasteiger partial charge in [0.2, 0.25) is 0 Å². The molecule has 3 heteroatoms. The Kier molecular flexibility index (Phi) is 2.92. The third-order valence-corrected chi connectivity index (χ3v) is 3.47. The predicted octanol–water partition coefficient (Wildman–Crippen LogP) is 3.26. The SMILES string of the molecule is C=CCN(c1c(C#N)cnc2ccccc12)C1CC1. The molecule has 0 unspecified atom stereocenters. The molecule has 0 atom stereocenters. The Labute approximate surface area is 112 Å². The second-order valence-corrected chi connectivity index (χ2v) is 4.82. The van der Waals surface area contributed by atoms with Gasteiger partial charge in [-0.05, 0) is 18.9 Å². The molecule has 94 valence electrons. The summed E-state index contributed by atoms with van der Waals surface area (Å²) < 4.78 is 0. The largest absolute Gasteiger partial charge is 0.363 e. The molecule has 0 bridgehead atoms. The van der Waals surface area contributed by atoms with Crippen molar-refractivity contribution in [2.45, 2.75) is 18.9 Å². The fraction of sp³-hybridized carbons (Fsp3) is 0.250. The average Bonchev–Trinajstić information content (AvgIpc) is 3.28. The Morgan fingerprint density at radius 1 is 1.42 bits per heavy atom. The van der Waals surface area contributed by atoms with Crippen LogP contribution in [0.1, 0.15) is 18.4 Å². The summed E-state index contributed by atoms with van der Waals surface area (Å²) in [6, 6.07) is 10.8. The summed E-state index contributed by atoms with van der Waals surface area (Å²) in [5, 5.41) is 10.4. The third kappa shape index (κ3) is 2.06. The standard InChI is InChI=1S/C16H15N3/c1-2-9-19(13-7-8-13)16-12(10-17)11-18-15-6-4-3-5-14(15)16/h2-6,11,13H,1,7-9H2. The van der Waals surface area contributed by atoms with E-state index in [-0.39, 0.29) is 0 Å². The van der Waals surface area contributed by atoms with E-state index in [0.717, 1.165) is 23.1 Å². The van der Waals surface area contributed by atoms with E-state index in [1.165, 1.54) is 12.8 Å². The lowest BCUT2D eigenvalue weighted by Crippen LogP contribution is -2.26. The van der Waals surface area contributed by atoms with Gasteiger partial charge in [-0.15, -0.1) is 6.58 Å². The van der Waals surface area contributed by atoms with Crippen molar-refractivity contribution in [2.24, 2.45) is 0 Å². The van der Waals surface area contributed by atoms with Crippen LogP contribution >= 0.6 is 0 Å². The first-order chi connectivity index (χ1) is 9.35. The van der Waals surface area contributed by atoms with Crippen molar-refractivity contribution in [2.75, 3.05) is 11.4 Å². The predicted molar refractivity (Wildman–Crippen MR) is 77.0 cm³/mol. The summed E-state index contributed by atoms with van der Waals surface area (Å²) in [6.45, 7) is 4.60. The number of hydrogen-bond acceptors (Lipinski definition) is 3. The smallest absolute Gasteiger partial charge is 0.103 e. The number of hydrogen-bond donors (Lipinski definition) is 0. The zero-order valence-corrected chi connectivity index (χ0v) is 10.7. The number of fused-ring (bicyclic) bond motifs is 1. The first kappa shape index (κ1) is 11.7. The van der Waals surface area contributed by atoms with Crippen LogP contribution in [0.15, 0.2) is 43.1 Å². The number of anilines is 1. The topological polar surface area (TPSA) is 39.9 Å². The molecule has 1 aliphatic rings. The second kappa shape index (κ2) is 4.74. The lowest BCUT2D eigenvalue weighted by atomic mass is 10.1. The molecular formula is C16H15N3. The van der Waals surface area contributed by atoms with Crippen LogP contribution in [0.25, 0.3) is 10.9 Å². The van der Waals surface area contributed by atoms with E-state index in [2.05, 4.69) is 22.5 Å². The molecule has 0 spiro atoms. The zero-order chi connectivity index (χ0) is 13.2. The maximum Gasteiger partial charge on any atom is 0.103 e. The third-order valence-electron chi connectivity index (χ3n) is 3.47. The molecule has 3 rings (SSSR count). The lowest BCUT2D eigenvalue weighted by molar-refractivity contribution is 0.863. The van der Waals surface area contributed by atoms with E-state index in [9.17, 15) is 5.26 Å². The van der Waals surface area contributed by atoms with E-state index < -0.39 is 0 Å². The van der Waals surface area contributed by atoms with Crippen LogP contribution in [0, 0.1) is 11.3 Å². The maximum atomic E-state index is 9.35. The highest BCUT2D eigenvalue weighted by Gasteiger charge is 2.30. The van der Waals surface area contributed by atoms with E-state index in [1.807, 2.05) is 30.3 Å². The quantitative estimate of drug-likeness (QED) is 0.781. The molecular weight excluding hydrogens is 234 g/mol. The van der Waals surface area contributed by atoms with Crippen molar-refractivity contribution < 1.29 is 0 Å². The molecule has 0 radical (unpaired) electrons. The Hall–Kier alpha value is -2.34. The van der Waals surface area contributed by atoms with Crippen LogP contribution in [0.2, 0.25) is 0 Å². The molecule has 1 aromatic heterocycles. The highest BCUT2D eigenvalue weighted by Crippen LogP contribution is 2.37. The van der Waals surface area contributed by atoms with Gasteiger partial charge in [-0.2, -0.15) is 5.26 Å². The van der Waals surface area contributed by atoms with E-state index >= 15 is 0 Å². The van der Waals surface area contributed by atoms with Crippen molar-refractivity contribution in [3.63, 3.8) is 0 Å². The van der Waals surface area contributed by atoms with Crippen LogP contribution in [0.3, 0.4) is 0 Å². The molecule has 19 heavy (non-hydrogen) atoms. The van der Waals surface area contributed by atoms with Crippen LogP contribution in [0.5, 0.6) is 0 Å². The first-order valence-corrected chi connectivity index (χ1v) is 6.50. The molecule has 1 aliphatic carbocycles. The summed E-state index contributed by atoms with van der Waals surface area (Å²) in [7, 11) is 0. The summed E-state index contributed by atoms with van der Waals surface area (Å²) in [5.41, 5.74) is 2.59. The molecule has 1 fully saturated rings. The molecule has 1 aromatic carbocycles. The minimum Gasteiger partial charge on any atom is -0.363 e. The number of pyridine rings is 1. The van der Waals surface area contributed by atoms with Crippen LogP contribution in [-0.4, -0.2) is 17.6 Å². The summed E-state index contributed by atoms with van der Waals surface area (Å²) in [6.07, 6.45) is 5.95. The molecule has 3 nitrogen and oxygen atoms in total. The number of nitriles is 1. The molecule has 0 N–H and O–H groups in total. The second-order valence-electron chi connectivity index (χ2n) is 4.82. The number of para-hydroxylation sites is 1. The van der Waals surface area contributed by atoms with Gasteiger partial charge in [-0.3, -0.25) is 4.98 Å². The van der Waals surface area contributed by atoms with Crippen molar-refractivity contribution >= 4 is 16.6 Å². The lowest BCUT2D eigenvalue weighted by Gasteiger charge is -2.25. The van der Waals surface area contributed by atoms with Crippen molar-refractivity contribution in [3.8, 4) is 6.07 Å². The van der Waals surface area contributed by atoms with Crippen LogP contribution in [-0.2, 0) is 0 Å². The minimum absolute atomic E-state index is 0.538. The van der Waals surface area contributed by atoms with Crippen molar-refractivity contribution in [3.05, 3.63) is 48.7 Å². The molecule has 0 aliphatic heterocycles. The van der Waals surface area contributed by atoms with Gasteiger partial charge >= 0.3 is 0 Å². The number of rotatable bonds is 4. The number of nitrogens with zero attached hydrogens (tertiary/aromatic N) is 3. The molecule has 0 amide bonds. The van der Waals surface area contributed by atoms with Crippen LogP contribution < -0.4 is 4.90 Å². The minimum atomic E-state index is 0.538. The Bertz CT molecular complexity index is 665. The van der Waals surface area contributed by atoms with Gasteiger partial charge in [0.1, 0.15) is 6.07 Å². The monoisotopic (exact) mass is 249 g/mol. The fourth-order valence-electron chi connectivity index (χ4n) is 2.47. The van der Waals surface area contributed by atoms with Crippen LogP contribution in [0.4, 0.5) is 5.69 Å². The molecule has 1 heterocycles. The van der Waals surface area contributed by atoms with Crippen molar-refractivity contribution in [1.82, 2.24) is 4.98 Å². The van der Waals surface area contributed by atoms with E-state index in [0.29, 0.717) is 11.6 Å². The number of aromatic nitrogens is 1. The summed E-state index contributed by atoms with van der Waals surface area (Å²) in [5.74, 6) is 0. The summed E-state index contributed by atoms with van der Waals surface area (Å²) in [4.78, 5) is 6.65. The normalized spacial score (nSPS) is 14.1. The van der Waals surface area contributed by atoms with E-state index in [4.69, 9.17) is 0 Å².